The van der Waals surface area contributed by atoms with Crippen molar-refractivity contribution in [2.75, 3.05) is 12.3 Å². The molecule has 1 fully saturated rings. The Morgan fingerprint density at radius 1 is 1.27 bits per heavy atom. The number of allylic oxidation sites excluding steroid dienone is 4. The molecule has 2 aliphatic rings. The first-order valence-electron chi connectivity index (χ1n) is 10.5. The molecule has 2 heterocycles. The summed E-state index contributed by atoms with van der Waals surface area (Å²) in [5.41, 5.74) is 6.80. The van der Waals surface area contributed by atoms with Gasteiger partial charge in [0.1, 0.15) is 10.8 Å². The SMILES string of the molecule is CCOC1=CC(=Cc2c(N)n3nc(CCC4CCCCC4)sc3nc2=O)C=CC1=O. The van der Waals surface area contributed by atoms with Crippen molar-refractivity contribution in [2.24, 2.45) is 5.92 Å². The van der Waals surface area contributed by atoms with Crippen molar-refractivity contribution in [3.8, 4) is 0 Å². The molecule has 0 unspecified atom stereocenters. The fourth-order valence-corrected chi connectivity index (χ4v) is 4.92. The molecule has 2 aliphatic carbocycles. The lowest BCUT2D eigenvalue weighted by Gasteiger charge is -2.20. The van der Waals surface area contributed by atoms with E-state index in [1.165, 1.54) is 49.5 Å². The molecule has 0 aromatic carbocycles. The van der Waals surface area contributed by atoms with Gasteiger partial charge in [-0.1, -0.05) is 49.5 Å². The molecule has 0 amide bonds. The van der Waals surface area contributed by atoms with Crippen LogP contribution in [0.25, 0.3) is 11.0 Å². The van der Waals surface area contributed by atoms with Gasteiger partial charge in [-0.2, -0.15) is 14.6 Å². The molecule has 0 aliphatic heterocycles. The maximum absolute atomic E-state index is 12.6. The Morgan fingerprint density at radius 3 is 2.83 bits per heavy atom. The van der Waals surface area contributed by atoms with Gasteiger partial charge >= 0.3 is 0 Å². The quantitative estimate of drug-likeness (QED) is 0.756. The first kappa shape index (κ1) is 20.5. The molecular weight excluding hydrogens is 400 g/mol. The van der Waals surface area contributed by atoms with Gasteiger partial charge < -0.3 is 10.5 Å². The molecule has 0 bridgehead atoms. The largest absolute Gasteiger partial charge is 0.490 e. The molecule has 0 saturated heterocycles. The van der Waals surface area contributed by atoms with Gasteiger partial charge in [-0.15, -0.1) is 0 Å². The number of nitrogen functional groups attached to an aromatic ring is 1. The number of ether oxygens (including phenoxy) is 1. The minimum absolute atomic E-state index is 0.200. The van der Waals surface area contributed by atoms with E-state index in [2.05, 4.69) is 10.1 Å². The van der Waals surface area contributed by atoms with Gasteiger partial charge in [0.15, 0.2) is 5.76 Å². The zero-order chi connectivity index (χ0) is 21.1. The van der Waals surface area contributed by atoms with Crippen LogP contribution in [0.1, 0.15) is 56.0 Å². The van der Waals surface area contributed by atoms with E-state index in [0.717, 1.165) is 23.8 Å². The summed E-state index contributed by atoms with van der Waals surface area (Å²) in [6.45, 7) is 2.20. The molecule has 0 atom stereocenters. The number of fused-ring (bicyclic) bond motifs is 1. The average molecular weight is 427 g/mol. The average Bonchev–Trinajstić information content (AvgIpc) is 3.16. The van der Waals surface area contributed by atoms with Gasteiger partial charge in [-0.3, -0.25) is 9.59 Å². The number of carbonyl (C=O) groups is 1. The van der Waals surface area contributed by atoms with E-state index in [-0.39, 0.29) is 22.9 Å². The molecule has 7 nitrogen and oxygen atoms in total. The van der Waals surface area contributed by atoms with Gasteiger partial charge in [-0.25, -0.2) is 0 Å². The minimum Gasteiger partial charge on any atom is -0.490 e. The smallest absolute Gasteiger partial charge is 0.283 e. The lowest BCUT2D eigenvalue weighted by atomic mass is 9.86. The van der Waals surface area contributed by atoms with Crippen LogP contribution in [0.3, 0.4) is 0 Å². The van der Waals surface area contributed by atoms with Crippen LogP contribution < -0.4 is 11.3 Å². The molecule has 1 saturated carbocycles. The third kappa shape index (κ3) is 4.38. The number of hydrogen-bond acceptors (Lipinski definition) is 7. The highest BCUT2D eigenvalue weighted by Gasteiger charge is 2.18. The number of carbonyl (C=O) groups excluding carboxylic acids is 1. The summed E-state index contributed by atoms with van der Waals surface area (Å²) in [6, 6.07) is 0. The second-order valence-corrected chi connectivity index (χ2v) is 8.77. The molecule has 2 aromatic rings. The molecule has 0 spiro atoms. The van der Waals surface area contributed by atoms with E-state index in [1.54, 1.807) is 22.7 Å². The van der Waals surface area contributed by atoms with Crippen LogP contribution >= 0.6 is 11.3 Å². The fourth-order valence-electron chi connectivity index (χ4n) is 4.01. The summed E-state index contributed by atoms with van der Waals surface area (Å²) in [6.07, 6.45) is 14.9. The number of ketones is 1. The van der Waals surface area contributed by atoms with Crippen LogP contribution in [0.2, 0.25) is 0 Å². The molecule has 2 N–H and O–H groups in total. The summed E-state index contributed by atoms with van der Waals surface area (Å²) in [4.78, 5) is 29.1. The van der Waals surface area contributed by atoms with E-state index < -0.39 is 5.56 Å². The van der Waals surface area contributed by atoms with Gasteiger partial charge in [0.25, 0.3) is 5.56 Å². The summed E-state index contributed by atoms with van der Waals surface area (Å²) < 4.78 is 6.91. The van der Waals surface area contributed by atoms with Crippen LogP contribution in [-0.4, -0.2) is 27.0 Å². The first-order valence-corrected chi connectivity index (χ1v) is 11.3. The number of nitrogens with zero attached hydrogens (tertiary/aromatic N) is 3. The molecule has 8 heteroatoms. The predicted molar refractivity (Wildman–Crippen MR) is 118 cm³/mol. The number of rotatable bonds is 6. The first-order chi connectivity index (χ1) is 14.5. The van der Waals surface area contributed by atoms with Crippen molar-refractivity contribution >= 4 is 34.0 Å². The normalized spacial score (nSPS) is 18.9. The lowest BCUT2D eigenvalue weighted by Crippen LogP contribution is -2.17. The number of aromatic nitrogens is 3. The van der Waals surface area contributed by atoms with Gasteiger partial charge in [-0.05, 0) is 43.1 Å². The highest BCUT2D eigenvalue weighted by atomic mass is 32.1. The van der Waals surface area contributed by atoms with Crippen molar-refractivity contribution in [2.45, 2.75) is 51.9 Å². The second kappa shape index (κ2) is 8.95. The Bertz CT molecular complexity index is 1100. The molecule has 2 aromatic heterocycles. The minimum atomic E-state index is -0.404. The van der Waals surface area contributed by atoms with Gasteiger partial charge in [0.05, 0.1) is 12.2 Å². The third-order valence-corrected chi connectivity index (χ3v) is 6.57. The highest BCUT2D eigenvalue weighted by Crippen LogP contribution is 2.28. The number of hydrogen-bond donors (Lipinski definition) is 1. The second-order valence-electron chi connectivity index (χ2n) is 7.73. The van der Waals surface area contributed by atoms with E-state index in [0.29, 0.717) is 17.1 Å². The Balaban J connectivity index is 1.61. The van der Waals surface area contributed by atoms with Crippen molar-refractivity contribution in [1.29, 1.82) is 0 Å². The maximum atomic E-state index is 12.6. The van der Waals surface area contributed by atoms with Crippen molar-refractivity contribution in [1.82, 2.24) is 14.6 Å². The summed E-state index contributed by atoms with van der Waals surface area (Å²) >= 11 is 1.43. The van der Waals surface area contributed by atoms with Crippen LogP contribution in [0, 0.1) is 5.92 Å². The van der Waals surface area contributed by atoms with Crippen molar-refractivity contribution in [3.63, 3.8) is 0 Å². The fraction of sp³-hybridized carbons (Fsp3) is 0.455. The predicted octanol–water partition coefficient (Wildman–Crippen LogP) is 3.69. The molecular formula is C22H26N4O3S. The Hall–Kier alpha value is -2.74. The number of nitrogens with two attached hydrogens (primary N) is 1. The third-order valence-electron chi connectivity index (χ3n) is 5.60. The zero-order valence-corrected chi connectivity index (χ0v) is 17.9. The highest BCUT2D eigenvalue weighted by molar-refractivity contribution is 7.16. The summed E-state index contributed by atoms with van der Waals surface area (Å²) in [7, 11) is 0. The molecule has 0 radical (unpaired) electrons. The Labute approximate surface area is 179 Å². The van der Waals surface area contributed by atoms with E-state index in [4.69, 9.17) is 10.5 Å². The molecule has 30 heavy (non-hydrogen) atoms. The van der Waals surface area contributed by atoms with E-state index in [9.17, 15) is 9.59 Å². The van der Waals surface area contributed by atoms with Gasteiger partial charge in [0.2, 0.25) is 10.7 Å². The van der Waals surface area contributed by atoms with E-state index >= 15 is 0 Å². The topological polar surface area (TPSA) is 99.6 Å². The van der Waals surface area contributed by atoms with E-state index in [1.807, 2.05) is 6.92 Å². The molecule has 158 valence electrons. The van der Waals surface area contributed by atoms with Crippen LogP contribution in [0.15, 0.2) is 34.4 Å². The Kier molecular flexibility index (Phi) is 6.13. The van der Waals surface area contributed by atoms with Gasteiger partial charge in [0, 0.05) is 6.42 Å². The van der Waals surface area contributed by atoms with Crippen molar-refractivity contribution in [3.05, 3.63) is 50.5 Å². The van der Waals surface area contributed by atoms with Crippen molar-refractivity contribution < 1.29 is 9.53 Å². The summed E-state index contributed by atoms with van der Waals surface area (Å²) in [5.74, 6) is 1.07. The number of aryl methyl sites for hydroxylation is 1. The zero-order valence-electron chi connectivity index (χ0n) is 17.1. The standard InChI is InChI=1S/C22H26N4O3S/c1-2-29-18-13-15(8-10-17(18)27)12-16-20(23)26-22(24-21(16)28)30-19(25-26)11-9-14-6-4-3-5-7-14/h8,10,12-14H,2-7,9,11,23H2,1H3. The maximum Gasteiger partial charge on any atom is 0.283 e. The number of anilines is 1. The lowest BCUT2D eigenvalue weighted by molar-refractivity contribution is -0.114. The Morgan fingerprint density at radius 2 is 2.07 bits per heavy atom. The van der Waals surface area contributed by atoms with Crippen LogP contribution in [-0.2, 0) is 16.0 Å². The summed E-state index contributed by atoms with van der Waals surface area (Å²) in [5, 5.41) is 5.56. The molecule has 4 rings (SSSR count). The van der Waals surface area contributed by atoms with Crippen LogP contribution in [0.5, 0.6) is 0 Å². The van der Waals surface area contributed by atoms with Crippen LogP contribution in [0.4, 0.5) is 5.82 Å². The monoisotopic (exact) mass is 426 g/mol.